The van der Waals surface area contributed by atoms with Gasteiger partial charge in [-0.1, -0.05) is 11.2 Å². The normalized spacial score (nSPS) is 10.1. The van der Waals surface area contributed by atoms with Gasteiger partial charge in [0.2, 0.25) is 0 Å². The first kappa shape index (κ1) is 12.2. The Bertz CT molecular complexity index is 534. The summed E-state index contributed by atoms with van der Waals surface area (Å²) in [6.07, 6.45) is 1.47. The molecule has 5 nitrogen and oxygen atoms in total. The molecule has 1 heterocycles. The monoisotopic (exact) mass is 247 g/mol. The minimum Gasteiger partial charge on any atom is -0.493 e. The highest BCUT2D eigenvalue weighted by Crippen LogP contribution is 2.31. The number of ether oxygens (including phenoxy) is 2. The van der Waals surface area contributed by atoms with Gasteiger partial charge in [0.1, 0.15) is 18.6 Å². The summed E-state index contributed by atoms with van der Waals surface area (Å²) >= 11 is 0. The van der Waals surface area contributed by atoms with Crippen molar-refractivity contribution in [1.29, 1.82) is 0 Å². The van der Waals surface area contributed by atoms with Crippen molar-refractivity contribution in [2.24, 2.45) is 0 Å². The molecule has 0 atom stereocenters. The van der Waals surface area contributed by atoms with Gasteiger partial charge in [-0.25, -0.2) is 0 Å². The third kappa shape index (κ3) is 2.51. The number of hydrogen-bond donors (Lipinski definition) is 0. The van der Waals surface area contributed by atoms with Gasteiger partial charge in [-0.15, -0.1) is 0 Å². The van der Waals surface area contributed by atoms with Crippen molar-refractivity contribution in [3.8, 4) is 11.5 Å². The average molecular weight is 247 g/mol. The molecule has 0 saturated heterocycles. The van der Waals surface area contributed by atoms with E-state index in [9.17, 15) is 4.79 Å². The lowest BCUT2D eigenvalue weighted by molar-refractivity contribution is 0.101. The molecule has 2 rings (SSSR count). The van der Waals surface area contributed by atoms with Crippen molar-refractivity contribution in [3.63, 3.8) is 0 Å². The van der Waals surface area contributed by atoms with Gasteiger partial charge in [-0.3, -0.25) is 4.79 Å². The lowest BCUT2D eigenvalue weighted by Gasteiger charge is -2.12. The second-order valence-electron chi connectivity index (χ2n) is 3.67. The zero-order chi connectivity index (χ0) is 13.0. The first-order chi connectivity index (χ1) is 8.72. The number of methoxy groups -OCH3 is 1. The number of ketones is 1. The van der Waals surface area contributed by atoms with Crippen LogP contribution in [0.3, 0.4) is 0 Å². The third-order valence-corrected chi connectivity index (χ3v) is 2.43. The summed E-state index contributed by atoms with van der Waals surface area (Å²) in [7, 11) is 1.53. The summed E-state index contributed by atoms with van der Waals surface area (Å²) in [5.74, 6) is 0.866. The summed E-state index contributed by atoms with van der Waals surface area (Å²) in [5.41, 5.74) is 1.13. The zero-order valence-electron chi connectivity index (χ0n) is 10.2. The summed E-state index contributed by atoms with van der Waals surface area (Å²) in [4.78, 5) is 11.5. The van der Waals surface area contributed by atoms with E-state index in [4.69, 9.17) is 14.0 Å². The highest BCUT2D eigenvalue weighted by Gasteiger charge is 2.14. The molecule has 0 aliphatic heterocycles. The molecule has 0 saturated carbocycles. The largest absolute Gasteiger partial charge is 0.493 e. The van der Waals surface area contributed by atoms with Gasteiger partial charge in [0, 0.05) is 6.07 Å². The number of hydrogen-bond acceptors (Lipinski definition) is 5. The van der Waals surface area contributed by atoms with Gasteiger partial charge < -0.3 is 14.0 Å². The molecule has 0 radical (unpaired) electrons. The number of Topliss-reactive ketones (excluding diaryl/α,β-unsaturated/α-hetero) is 1. The van der Waals surface area contributed by atoms with E-state index in [1.54, 1.807) is 24.3 Å². The molecule has 0 aliphatic carbocycles. The fourth-order valence-corrected chi connectivity index (χ4v) is 1.56. The van der Waals surface area contributed by atoms with Crippen LogP contribution >= 0.6 is 0 Å². The second-order valence-corrected chi connectivity index (χ2v) is 3.67. The smallest absolute Gasteiger partial charge is 0.172 e. The average Bonchev–Trinajstić information content (AvgIpc) is 2.88. The van der Waals surface area contributed by atoms with Gasteiger partial charge in [0.25, 0.3) is 0 Å². The van der Waals surface area contributed by atoms with E-state index in [1.807, 2.05) is 0 Å². The Morgan fingerprint density at radius 2 is 2.22 bits per heavy atom. The Hall–Kier alpha value is -2.30. The Labute approximate surface area is 104 Å². The number of aromatic nitrogens is 1. The van der Waals surface area contributed by atoms with Crippen LogP contribution in [-0.2, 0) is 6.61 Å². The minimum atomic E-state index is -0.0796. The molecule has 0 bridgehead atoms. The summed E-state index contributed by atoms with van der Waals surface area (Å²) in [6.45, 7) is 1.70. The minimum absolute atomic E-state index is 0.0796. The lowest BCUT2D eigenvalue weighted by atomic mass is 10.1. The van der Waals surface area contributed by atoms with Crippen LogP contribution in [-0.4, -0.2) is 18.0 Å². The molecule has 0 N–H and O–H groups in total. The van der Waals surface area contributed by atoms with E-state index in [2.05, 4.69) is 5.16 Å². The van der Waals surface area contributed by atoms with Crippen molar-refractivity contribution >= 4 is 5.78 Å². The van der Waals surface area contributed by atoms with E-state index < -0.39 is 0 Å². The van der Waals surface area contributed by atoms with Gasteiger partial charge in [-0.2, -0.15) is 0 Å². The molecule has 18 heavy (non-hydrogen) atoms. The van der Waals surface area contributed by atoms with Crippen LogP contribution in [0.2, 0.25) is 0 Å². The number of nitrogens with zero attached hydrogens (tertiary/aromatic N) is 1. The Balaban J connectivity index is 2.26. The number of para-hydroxylation sites is 1. The van der Waals surface area contributed by atoms with Crippen LogP contribution < -0.4 is 9.47 Å². The van der Waals surface area contributed by atoms with Crippen LogP contribution in [0.1, 0.15) is 23.0 Å². The molecule has 0 amide bonds. The third-order valence-electron chi connectivity index (χ3n) is 2.43. The molecule has 0 aliphatic rings. The topological polar surface area (TPSA) is 61.6 Å². The maximum atomic E-state index is 11.5. The van der Waals surface area contributed by atoms with Crippen molar-refractivity contribution in [1.82, 2.24) is 5.16 Å². The fourth-order valence-electron chi connectivity index (χ4n) is 1.56. The quantitative estimate of drug-likeness (QED) is 0.759. The van der Waals surface area contributed by atoms with Crippen LogP contribution in [0.25, 0.3) is 0 Å². The van der Waals surface area contributed by atoms with Gasteiger partial charge in [0.15, 0.2) is 17.3 Å². The van der Waals surface area contributed by atoms with E-state index in [0.717, 1.165) is 0 Å². The predicted molar refractivity (Wildman–Crippen MR) is 63.8 cm³/mol. The van der Waals surface area contributed by atoms with Crippen LogP contribution in [0.4, 0.5) is 0 Å². The molecule has 1 aromatic heterocycles. The summed E-state index contributed by atoms with van der Waals surface area (Å²) in [6, 6.07) is 6.88. The van der Waals surface area contributed by atoms with Crippen LogP contribution in [0.15, 0.2) is 35.1 Å². The van der Waals surface area contributed by atoms with E-state index in [0.29, 0.717) is 22.8 Å². The highest BCUT2D eigenvalue weighted by molar-refractivity contribution is 5.97. The van der Waals surface area contributed by atoms with E-state index >= 15 is 0 Å². The molecule has 5 heteroatoms. The van der Waals surface area contributed by atoms with Crippen molar-refractivity contribution in [2.45, 2.75) is 13.5 Å². The number of carbonyl (C=O) groups is 1. The Morgan fingerprint density at radius 1 is 1.39 bits per heavy atom. The molecule has 0 unspecified atom stereocenters. The Morgan fingerprint density at radius 3 is 2.83 bits per heavy atom. The first-order valence-electron chi connectivity index (χ1n) is 5.42. The molecule has 0 fully saturated rings. The molecule has 2 aromatic rings. The van der Waals surface area contributed by atoms with E-state index in [1.165, 1.54) is 20.3 Å². The zero-order valence-corrected chi connectivity index (χ0v) is 10.2. The molecule has 0 spiro atoms. The first-order valence-corrected chi connectivity index (χ1v) is 5.42. The summed E-state index contributed by atoms with van der Waals surface area (Å²) < 4.78 is 15.5. The maximum absolute atomic E-state index is 11.5. The standard InChI is InChI=1S/C13H13NO4/c1-9(15)11-4-3-5-12(16-2)13(11)17-8-10-6-7-18-14-10/h3-7H,8H2,1-2H3. The Kier molecular flexibility index (Phi) is 3.62. The predicted octanol–water partition coefficient (Wildman–Crippen LogP) is 2.46. The highest BCUT2D eigenvalue weighted by atomic mass is 16.5. The number of rotatable bonds is 5. The van der Waals surface area contributed by atoms with Gasteiger partial charge >= 0.3 is 0 Å². The lowest BCUT2D eigenvalue weighted by Crippen LogP contribution is -2.03. The SMILES string of the molecule is COc1cccc(C(C)=O)c1OCc1ccon1. The molecule has 1 aromatic carbocycles. The van der Waals surface area contributed by atoms with Gasteiger partial charge in [0.05, 0.1) is 12.7 Å². The summed E-state index contributed by atoms with van der Waals surface area (Å²) in [5, 5.41) is 3.74. The van der Waals surface area contributed by atoms with Crippen molar-refractivity contribution < 1.29 is 18.8 Å². The van der Waals surface area contributed by atoms with Crippen molar-refractivity contribution in [3.05, 3.63) is 41.8 Å². The molecular formula is C13H13NO4. The van der Waals surface area contributed by atoms with Crippen LogP contribution in [0, 0.1) is 0 Å². The number of carbonyl (C=O) groups excluding carboxylic acids is 1. The molecular weight excluding hydrogens is 234 g/mol. The van der Waals surface area contributed by atoms with Crippen molar-refractivity contribution in [2.75, 3.05) is 7.11 Å². The van der Waals surface area contributed by atoms with Crippen LogP contribution in [0.5, 0.6) is 11.5 Å². The van der Waals surface area contributed by atoms with E-state index in [-0.39, 0.29) is 12.4 Å². The fraction of sp³-hybridized carbons (Fsp3) is 0.231. The maximum Gasteiger partial charge on any atom is 0.172 e. The molecule has 94 valence electrons. The number of benzene rings is 1. The second kappa shape index (κ2) is 5.35. The van der Waals surface area contributed by atoms with Gasteiger partial charge in [-0.05, 0) is 19.1 Å².